The van der Waals surface area contributed by atoms with Crippen LogP contribution in [0.5, 0.6) is 5.75 Å². The molecule has 0 fully saturated rings. The minimum Gasteiger partial charge on any atom is -0.487 e. The van der Waals surface area contributed by atoms with Crippen LogP contribution in [0.1, 0.15) is 28.8 Å². The molecule has 0 atom stereocenters. The van der Waals surface area contributed by atoms with Gasteiger partial charge in [-0.2, -0.15) is 5.10 Å². The highest BCUT2D eigenvalue weighted by molar-refractivity contribution is 6.35. The van der Waals surface area contributed by atoms with Crippen molar-refractivity contribution in [3.63, 3.8) is 0 Å². The summed E-state index contributed by atoms with van der Waals surface area (Å²) in [6, 6.07) is 16.0. The number of pyridine rings is 1. The standard InChI is InChI=1S/C22H19N3O6/c26-19(27)11-10-17(22(29)30)24-25-21(28)16-8-6-14(7-9-16)13-31-18-5-1-3-15-4-2-12-23-20(15)18/h1-9,12H,10-11,13H2,(H,25,28)(H,26,27)(H,29,30)/b24-17+. The molecule has 0 spiro atoms. The van der Waals surface area contributed by atoms with E-state index in [0.29, 0.717) is 5.75 Å². The summed E-state index contributed by atoms with van der Waals surface area (Å²) in [6.07, 6.45) is 0.995. The smallest absolute Gasteiger partial charge is 0.352 e. The van der Waals surface area contributed by atoms with E-state index in [2.05, 4.69) is 15.5 Å². The summed E-state index contributed by atoms with van der Waals surface area (Å²) in [5, 5.41) is 22.2. The molecule has 0 radical (unpaired) electrons. The minimum atomic E-state index is -1.39. The van der Waals surface area contributed by atoms with Crippen molar-refractivity contribution in [2.45, 2.75) is 19.4 Å². The maximum atomic E-state index is 12.2. The highest BCUT2D eigenvalue weighted by atomic mass is 16.5. The number of para-hydroxylation sites is 1. The number of hydrazone groups is 1. The number of aromatic nitrogens is 1. The van der Waals surface area contributed by atoms with Crippen LogP contribution in [0.2, 0.25) is 0 Å². The number of carbonyl (C=O) groups is 3. The Labute approximate surface area is 177 Å². The first-order valence-electron chi connectivity index (χ1n) is 9.31. The van der Waals surface area contributed by atoms with Gasteiger partial charge < -0.3 is 14.9 Å². The number of hydrogen-bond acceptors (Lipinski definition) is 6. The molecule has 0 bridgehead atoms. The Morgan fingerprint density at radius 2 is 1.71 bits per heavy atom. The van der Waals surface area contributed by atoms with Crippen molar-refractivity contribution in [3.8, 4) is 5.75 Å². The van der Waals surface area contributed by atoms with E-state index in [1.165, 1.54) is 0 Å². The van der Waals surface area contributed by atoms with E-state index in [4.69, 9.17) is 14.9 Å². The highest BCUT2D eigenvalue weighted by Crippen LogP contribution is 2.23. The third-order valence-electron chi connectivity index (χ3n) is 4.32. The number of nitrogens with one attached hydrogen (secondary N) is 1. The topological polar surface area (TPSA) is 138 Å². The van der Waals surface area contributed by atoms with Crippen LogP contribution in [0.25, 0.3) is 10.9 Å². The predicted octanol–water partition coefficient (Wildman–Crippen LogP) is 2.85. The van der Waals surface area contributed by atoms with Gasteiger partial charge in [0.1, 0.15) is 23.6 Å². The van der Waals surface area contributed by atoms with Gasteiger partial charge in [0.15, 0.2) is 0 Å². The monoisotopic (exact) mass is 421 g/mol. The summed E-state index contributed by atoms with van der Waals surface area (Å²) < 4.78 is 5.86. The number of hydrogen-bond donors (Lipinski definition) is 3. The van der Waals surface area contributed by atoms with E-state index in [0.717, 1.165) is 16.5 Å². The molecule has 0 unspecified atom stereocenters. The number of aliphatic carboxylic acids is 2. The van der Waals surface area contributed by atoms with E-state index >= 15 is 0 Å². The largest absolute Gasteiger partial charge is 0.487 e. The number of carbonyl (C=O) groups excluding carboxylic acids is 1. The fourth-order valence-electron chi connectivity index (χ4n) is 2.72. The fraction of sp³-hybridized carbons (Fsp3) is 0.136. The summed E-state index contributed by atoms with van der Waals surface area (Å²) in [7, 11) is 0. The first kappa shape index (κ1) is 21.4. The number of fused-ring (bicyclic) bond motifs is 1. The summed E-state index contributed by atoms with van der Waals surface area (Å²) in [5.41, 5.74) is 3.54. The molecule has 3 aromatic rings. The van der Waals surface area contributed by atoms with Gasteiger partial charge in [0.05, 0.1) is 6.42 Å². The fourth-order valence-corrected chi connectivity index (χ4v) is 2.72. The van der Waals surface area contributed by atoms with Crippen molar-refractivity contribution >= 4 is 34.5 Å². The maximum absolute atomic E-state index is 12.2. The zero-order chi connectivity index (χ0) is 22.2. The number of amides is 1. The van der Waals surface area contributed by atoms with E-state index in [-0.39, 0.29) is 18.6 Å². The third-order valence-corrected chi connectivity index (χ3v) is 4.32. The molecule has 0 saturated carbocycles. The molecular weight excluding hydrogens is 402 g/mol. The Bertz CT molecular complexity index is 1140. The van der Waals surface area contributed by atoms with Gasteiger partial charge in [0.2, 0.25) is 0 Å². The van der Waals surface area contributed by atoms with Crippen LogP contribution < -0.4 is 10.2 Å². The lowest BCUT2D eigenvalue weighted by molar-refractivity contribution is -0.136. The van der Waals surface area contributed by atoms with Crippen molar-refractivity contribution in [1.82, 2.24) is 10.4 Å². The number of rotatable bonds is 9. The summed E-state index contributed by atoms with van der Waals surface area (Å²) in [6.45, 7) is 0.272. The highest BCUT2D eigenvalue weighted by Gasteiger charge is 2.13. The Morgan fingerprint density at radius 3 is 2.42 bits per heavy atom. The molecule has 0 aliphatic rings. The van der Waals surface area contributed by atoms with E-state index in [9.17, 15) is 14.4 Å². The van der Waals surface area contributed by atoms with Crippen LogP contribution in [0.4, 0.5) is 0 Å². The van der Waals surface area contributed by atoms with Gasteiger partial charge in [-0.3, -0.25) is 14.6 Å². The minimum absolute atomic E-state index is 0.266. The quantitative estimate of drug-likeness (QED) is 0.357. The third kappa shape index (κ3) is 5.86. The Kier molecular flexibility index (Phi) is 6.89. The molecule has 31 heavy (non-hydrogen) atoms. The van der Waals surface area contributed by atoms with Crippen LogP contribution in [0.15, 0.2) is 65.9 Å². The second kappa shape index (κ2) is 9.97. The molecule has 1 heterocycles. The first-order chi connectivity index (χ1) is 14.9. The van der Waals surface area contributed by atoms with E-state index < -0.39 is 30.0 Å². The second-order valence-electron chi connectivity index (χ2n) is 6.52. The average Bonchev–Trinajstić information content (AvgIpc) is 2.77. The molecular formula is C22H19N3O6. The van der Waals surface area contributed by atoms with Crippen LogP contribution in [-0.4, -0.2) is 38.8 Å². The van der Waals surface area contributed by atoms with E-state index in [1.807, 2.05) is 30.3 Å². The summed E-state index contributed by atoms with van der Waals surface area (Å²) in [5.74, 6) is -2.51. The molecule has 3 N–H and O–H groups in total. The lowest BCUT2D eigenvalue weighted by Gasteiger charge is -2.09. The molecule has 0 aliphatic heterocycles. The zero-order valence-electron chi connectivity index (χ0n) is 16.3. The normalized spacial score (nSPS) is 11.2. The van der Waals surface area contributed by atoms with Gasteiger partial charge >= 0.3 is 11.9 Å². The van der Waals surface area contributed by atoms with Crippen LogP contribution in [-0.2, 0) is 16.2 Å². The number of carboxylic acids is 2. The number of nitrogens with zero attached hydrogens (tertiary/aromatic N) is 2. The number of carboxylic acid groups (broad SMARTS) is 2. The van der Waals surface area contributed by atoms with E-state index in [1.54, 1.807) is 30.5 Å². The Morgan fingerprint density at radius 1 is 0.968 bits per heavy atom. The Hall–Kier alpha value is -4.27. The zero-order valence-corrected chi connectivity index (χ0v) is 16.3. The van der Waals surface area contributed by atoms with Crippen LogP contribution >= 0.6 is 0 Å². The van der Waals surface area contributed by atoms with Crippen LogP contribution in [0.3, 0.4) is 0 Å². The van der Waals surface area contributed by atoms with Crippen molar-refractivity contribution < 1.29 is 29.3 Å². The lowest BCUT2D eigenvalue weighted by Crippen LogP contribution is -2.23. The molecule has 0 saturated heterocycles. The van der Waals surface area contributed by atoms with Crippen molar-refractivity contribution in [3.05, 3.63) is 71.9 Å². The maximum Gasteiger partial charge on any atom is 0.352 e. The molecule has 9 nitrogen and oxygen atoms in total. The van der Waals surface area contributed by atoms with Gasteiger partial charge in [0.25, 0.3) is 5.91 Å². The van der Waals surface area contributed by atoms with Gasteiger partial charge in [-0.05, 0) is 29.8 Å². The number of ether oxygens (including phenoxy) is 1. The van der Waals surface area contributed by atoms with Crippen molar-refractivity contribution in [1.29, 1.82) is 0 Å². The van der Waals surface area contributed by atoms with Gasteiger partial charge in [-0.25, -0.2) is 10.2 Å². The molecule has 158 valence electrons. The summed E-state index contributed by atoms with van der Waals surface area (Å²) >= 11 is 0. The van der Waals surface area contributed by atoms with Gasteiger partial charge in [-0.1, -0.05) is 30.3 Å². The number of benzene rings is 2. The molecule has 0 aliphatic carbocycles. The molecule has 1 amide bonds. The molecule has 1 aromatic heterocycles. The SMILES string of the molecule is O=C(O)CC/C(=N\NC(=O)c1ccc(COc2cccc3cccnc23)cc1)C(=O)O. The summed E-state index contributed by atoms with van der Waals surface area (Å²) in [4.78, 5) is 38.2. The predicted molar refractivity (Wildman–Crippen MR) is 112 cm³/mol. The Balaban J connectivity index is 1.61. The second-order valence-corrected chi connectivity index (χ2v) is 6.52. The van der Waals surface area contributed by atoms with Crippen molar-refractivity contribution in [2.75, 3.05) is 0 Å². The van der Waals surface area contributed by atoms with Gasteiger partial charge in [-0.15, -0.1) is 0 Å². The molecule has 9 heteroatoms. The first-order valence-corrected chi connectivity index (χ1v) is 9.31. The van der Waals surface area contributed by atoms with Gasteiger partial charge in [0, 0.05) is 23.6 Å². The average molecular weight is 421 g/mol. The van der Waals surface area contributed by atoms with Crippen molar-refractivity contribution in [2.24, 2.45) is 5.10 Å². The molecule has 3 rings (SSSR count). The van der Waals surface area contributed by atoms with Crippen LogP contribution in [0, 0.1) is 0 Å². The molecule has 2 aromatic carbocycles. The lowest BCUT2D eigenvalue weighted by atomic mass is 10.1.